The van der Waals surface area contributed by atoms with Gasteiger partial charge in [-0.2, -0.15) is 0 Å². The number of rotatable bonds is 5. The second kappa shape index (κ2) is 7.19. The SMILES string of the molecule is COc1ccc(OCC(=O)N2C[C@@H](O)[C@H](N3CCCC3)C2)cc1. The molecular formula is C17H24N2O4. The van der Waals surface area contributed by atoms with Crippen LogP contribution in [-0.2, 0) is 4.79 Å². The molecule has 2 aliphatic heterocycles. The molecule has 0 spiro atoms. The van der Waals surface area contributed by atoms with Crippen molar-refractivity contribution < 1.29 is 19.4 Å². The summed E-state index contributed by atoms with van der Waals surface area (Å²) >= 11 is 0. The minimum Gasteiger partial charge on any atom is -0.497 e. The average molecular weight is 320 g/mol. The van der Waals surface area contributed by atoms with E-state index in [1.165, 1.54) is 12.8 Å². The first-order valence-electron chi connectivity index (χ1n) is 8.14. The van der Waals surface area contributed by atoms with Gasteiger partial charge < -0.3 is 19.5 Å². The van der Waals surface area contributed by atoms with Crippen molar-refractivity contribution in [2.24, 2.45) is 0 Å². The monoisotopic (exact) mass is 320 g/mol. The third-order valence-electron chi connectivity index (χ3n) is 4.64. The third kappa shape index (κ3) is 3.76. The van der Waals surface area contributed by atoms with Gasteiger partial charge in [-0.3, -0.25) is 9.69 Å². The minimum atomic E-state index is -0.460. The lowest BCUT2D eigenvalue weighted by atomic mass is 10.2. The van der Waals surface area contributed by atoms with Crippen LogP contribution in [0.5, 0.6) is 11.5 Å². The summed E-state index contributed by atoms with van der Waals surface area (Å²) in [7, 11) is 1.61. The molecule has 6 heteroatoms. The smallest absolute Gasteiger partial charge is 0.260 e. The number of benzene rings is 1. The van der Waals surface area contributed by atoms with E-state index in [9.17, 15) is 9.90 Å². The summed E-state index contributed by atoms with van der Waals surface area (Å²) in [6.07, 6.45) is 1.90. The Hall–Kier alpha value is -1.79. The van der Waals surface area contributed by atoms with Crippen LogP contribution in [0.3, 0.4) is 0 Å². The quantitative estimate of drug-likeness (QED) is 0.867. The summed E-state index contributed by atoms with van der Waals surface area (Å²) in [5, 5.41) is 10.2. The van der Waals surface area contributed by atoms with Crippen molar-refractivity contribution >= 4 is 5.91 Å². The van der Waals surface area contributed by atoms with Gasteiger partial charge in [0.1, 0.15) is 11.5 Å². The predicted octanol–water partition coefficient (Wildman–Crippen LogP) is 0.741. The number of β-amino-alcohol motifs (C(OH)–C–C–N with tert-alkyl or cyclic N) is 1. The molecule has 1 aromatic carbocycles. The molecule has 2 aliphatic rings. The highest BCUT2D eigenvalue weighted by atomic mass is 16.5. The number of hydrogen-bond acceptors (Lipinski definition) is 5. The van der Waals surface area contributed by atoms with E-state index in [4.69, 9.17) is 9.47 Å². The third-order valence-corrected chi connectivity index (χ3v) is 4.64. The molecule has 2 saturated heterocycles. The number of likely N-dealkylation sites (tertiary alicyclic amines) is 2. The fourth-order valence-electron chi connectivity index (χ4n) is 3.31. The topological polar surface area (TPSA) is 62.2 Å². The number of methoxy groups -OCH3 is 1. The molecular weight excluding hydrogens is 296 g/mol. The molecule has 1 N–H and O–H groups in total. The van der Waals surface area contributed by atoms with Crippen LogP contribution < -0.4 is 9.47 Å². The van der Waals surface area contributed by atoms with Crippen LogP contribution in [0, 0.1) is 0 Å². The van der Waals surface area contributed by atoms with E-state index in [2.05, 4.69) is 4.90 Å². The number of ether oxygens (including phenoxy) is 2. The van der Waals surface area contributed by atoms with Crippen molar-refractivity contribution in [2.45, 2.75) is 25.0 Å². The first kappa shape index (κ1) is 16.1. The average Bonchev–Trinajstić information content (AvgIpc) is 3.22. The Balaban J connectivity index is 1.50. The zero-order valence-electron chi connectivity index (χ0n) is 13.5. The highest BCUT2D eigenvalue weighted by Gasteiger charge is 2.38. The second-order valence-electron chi connectivity index (χ2n) is 6.14. The van der Waals surface area contributed by atoms with Gasteiger partial charge in [-0.05, 0) is 50.2 Å². The molecule has 2 atom stereocenters. The fourth-order valence-corrected chi connectivity index (χ4v) is 3.31. The Morgan fingerprint density at radius 1 is 1.17 bits per heavy atom. The highest BCUT2D eigenvalue weighted by Crippen LogP contribution is 2.21. The number of hydrogen-bond donors (Lipinski definition) is 1. The van der Waals surface area contributed by atoms with Crippen molar-refractivity contribution in [3.05, 3.63) is 24.3 Å². The van der Waals surface area contributed by atoms with Crippen molar-refractivity contribution in [1.29, 1.82) is 0 Å². The Morgan fingerprint density at radius 2 is 1.83 bits per heavy atom. The van der Waals surface area contributed by atoms with Crippen LogP contribution in [0.4, 0.5) is 0 Å². The maximum absolute atomic E-state index is 12.3. The van der Waals surface area contributed by atoms with Crippen LogP contribution in [0.25, 0.3) is 0 Å². The van der Waals surface area contributed by atoms with Crippen molar-refractivity contribution in [1.82, 2.24) is 9.80 Å². The molecule has 0 saturated carbocycles. The molecule has 6 nitrogen and oxygen atoms in total. The lowest BCUT2D eigenvalue weighted by Gasteiger charge is -2.25. The second-order valence-corrected chi connectivity index (χ2v) is 6.14. The molecule has 0 aromatic heterocycles. The van der Waals surface area contributed by atoms with E-state index in [1.807, 2.05) is 0 Å². The number of aliphatic hydroxyl groups excluding tert-OH is 1. The summed E-state index contributed by atoms with van der Waals surface area (Å²) in [6, 6.07) is 7.21. The molecule has 3 rings (SSSR count). The molecule has 0 radical (unpaired) electrons. The highest BCUT2D eigenvalue weighted by molar-refractivity contribution is 5.78. The first-order chi connectivity index (χ1) is 11.2. The van der Waals surface area contributed by atoms with Gasteiger partial charge in [-0.1, -0.05) is 0 Å². The Kier molecular flexibility index (Phi) is 5.03. The first-order valence-corrected chi connectivity index (χ1v) is 8.14. The van der Waals surface area contributed by atoms with Gasteiger partial charge in [0.05, 0.1) is 19.3 Å². The van der Waals surface area contributed by atoms with Gasteiger partial charge in [0.2, 0.25) is 0 Å². The minimum absolute atomic E-state index is 0.00817. The summed E-state index contributed by atoms with van der Waals surface area (Å²) < 4.78 is 10.6. The van der Waals surface area contributed by atoms with E-state index < -0.39 is 6.10 Å². The van der Waals surface area contributed by atoms with Crippen LogP contribution in [-0.4, -0.2) is 72.9 Å². The van der Waals surface area contributed by atoms with E-state index in [1.54, 1.807) is 36.3 Å². The summed E-state index contributed by atoms with van der Waals surface area (Å²) in [5.74, 6) is 1.30. The van der Waals surface area contributed by atoms with Gasteiger partial charge >= 0.3 is 0 Å². The van der Waals surface area contributed by atoms with Crippen molar-refractivity contribution in [3.63, 3.8) is 0 Å². The Labute approximate surface area is 136 Å². The lowest BCUT2D eigenvalue weighted by molar-refractivity contribution is -0.132. The molecule has 0 bridgehead atoms. The molecule has 1 amide bonds. The van der Waals surface area contributed by atoms with Gasteiger partial charge in [-0.25, -0.2) is 0 Å². The van der Waals surface area contributed by atoms with Gasteiger partial charge in [0, 0.05) is 13.1 Å². The fraction of sp³-hybridized carbons (Fsp3) is 0.588. The van der Waals surface area contributed by atoms with Crippen LogP contribution in [0.15, 0.2) is 24.3 Å². The Bertz CT molecular complexity index is 528. The summed E-state index contributed by atoms with van der Waals surface area (Å²) in [4.78, 5) is 16.3. The standard InChI is InChI=1S/C17H24N2O4/c1-22-13-4-6-14(7-5-13)23-12-17(21)19-10-15(16(20)11-19)18-8-2-3-9-18/h4-7,15-16,20H,2-3,8-12H2,1H3/t15-,16-/m1/s1. The number of aliphatic hydroxyl groups is 1. The van der Waals surface area contributed by atoms with Gasteiger partial charge in [0.15, 0.2) is 6.61 Å². The molecule has 1 aromatic rings. The van der Waals surface area contributed by atoms with Gasteiger partial charge in [-0.15, -0.1) is 0 Å². The van der Waals surface area contributed by atoms with Crippen LogP contribution >= 0.6 is 0 Å². The maximum atomic E-state index is 12.3. The van der Waals surface area contributed by atoms with E-state index >= 15 is 0 Å². The summed E-state index contributed by atoms with van der Waals surface area (Å²) in [5.41, 5.74) is 0. The number of nitrogens with zero attached hydrogens (tertiary/aromatic N) is 2. The number of amides is 1. The predicted molar refractivity (Wildman–Crippen MR) is 85.7 cm³/mol. The Morgan fingerprint density at radius 3 is 2.48 bits per heavy atom. The van der Waals surface area contributed by atoms with Crippen molar-refractivity contribution in [3.8, 4) is 11.5 Å². The normalized spacial score (nSPS) is 24.9. The molecule has 0 unspecified atom stereocenters. The number of carbonyl (C=O) groups excluding carboxylic acids is 1. The molecule has 0 aliphatic carbocycles. The van der Waals surface area contributed by atoms with E-state index in [-0.39, 0.29) is 18.6 Å². The lowest BCUT2D eigenvalue weighted by Crippen LogP contribution is -2.41. The molecule has 23 heavy (non-hydrogen) atoms. The molecule has 2 fully saturated rings. The van der Waals surface area contributed by atoms with E-state index in [0.29, 0.717) is 18.8 Å². The van der Waals surface area contributed by atoms with Crippen molar-refractivity contribution in [2.75, 3.05) is 39.9 Å². The number of carbonyl (C=O) groups is 1. The molecule has 126 valence electrons. The zero-order chi connectivity index (χ0) is 16.2. The largest absolute Gasteiger partial charge is 0.497 e. The van der Waals surface area contributed by atoms with E-state index in [0.717, 1.165) is 18.8 Å². The molecule has 2 heterocycles. The van der Waals surface area contributed by atoms with Crippen LogP contribution in [0.1, 0.15) is 12.8 Å². The maximum Gasteiger partial charge on any atom is 0.260 e. The zero-order valence-corrected chi connectivity index (χ0v) is 13.5. The summed E-state index contributed by atoms with van der Waals surface area (Å²) in [6.45, 7) is 3.02. The van der Waals surface area contributed by atoms with Crippen LogP contribution in [0.2, 0.25) is 0 Å². The van der Waals surface area contributed by atoms with Gasteiger partial charge in [0.25, 0.3) is 5.91 Å².